The third kappa shape index (κ3) is 5.36. The zero-order valence-electron chi connectivity index (χ0n) is 13.1. The molecule has 1 amide bonds. The van der Waals surface area contributed by atoms with Gasteiger partial charge in [-0.3, -0.25) is 9.69 Å². The summed E-state index contributed by atoms with van der Waals surface area (Å²) in [5, 5.41) is 0. The lowest BCUT2D eigenvalue weighted by Gasteiger charge is -2.28. The highest BCUT2D eigenvalue weighted by Crippen LogP contribution is 2.07. The summed E-state index contributed by atoms with van der Waals surface area (Å²) >= 11 is 0. The van der Waals surface area contributed by atoms with E-state index in [1.807, 2.05) is 11.9 Å². The van der Waals surface area contributed by atoms with Crippen LogP contribution in [0, 0.1) is 5.82 Å². The molecule has 0 bridgehead atoms. The summed E-state index contributed by atoms with van der Waals surface area (Å²) in [7, 11) is 3.64. The first-order valence-corrected chi connectivity index (χ1v) is 7.41. The first kappa shape index (κ1) is 16.9. The van der Waals surface area contributed by atoms with Gasteiger partial charge in [0.15, 0.2) is 0 Å². The van der Waals surface area contributed by atoms with Gasteiger partial charge in [0, 0.05) is 20.1 Å². The monoisotopic (exact) mass is 310 g/mol. The minimum Gasteiger partial charge on any atom is -0.376 e. The van der Waals surface area contributed by atoms with E-state index >= 15 is 0 Å². The maximum Gasteiger partial charge on any atom is 0.236 e. The molecule has 6 heteroatoms. The van der Waals surface area contributed by atoms with Crippen molar-refractivity contribution in [3.05, 3.63) is 35.6 Å². The second-order valence-electron chi connectivity index (χ2n) is 5.64. The second-order valence-corrected chi connectivity index (χ2v) is 5.64. The van der Waals surface area contributed by atoms with Crippen LogP contribution in [0.25, 0.3) is 0 Å². The SMILES string of the molecule is CN(CC(=O)N(C)C[C@@H]1COCCO1)Cc1ccc(F)cc1. The lowest BCUT2D eigenvalue weighted by Crippen LogP contribution is -2.43. The summed E-state index contributed by atoms with van der Waals surface area (Å²) in [5.41, 5.74) is 0.975. The third-order valence-corrected chi connectivity index (χ3v) is 3.56. The molecule has 5 nitrogen and oxygen atoms in total. The maximum atomic E-state index is 12.9. The molecule has 2 rings (SSSR count). The van der Waals surface area contributed by atoms with Gasteiger partial charge < -0.3 is 14.4 Å². The summed E-state index contributed by atoms with van der Waals surface area (Å²) in [6.45, 7) is 3.17. The number of benzene rings is 1. The van der Waals surface area contributed by atoms with Gasteiger partial charge in [0.1, 0.15) is 5.82 Å². The van der Waals surface area contributed by atoms with E-state index < -0.39 is 0 Å². The molecule has 0 saturated carbocycles. The molecule has 0 radical (unpaired) electrons. The molecule has 1 aromatic carbocycles. The topological polar surface area (TPSA) is 42.0 Å². The fraction of sp³-hybridized carbons (Fsp3) is 0.562. The molecule has 1 aliphatic heterocycles. The smallest absolute Gasteiger partial charge is 0.236 e. The fourth-order valence-electron chi connectivity index (χ4n) is 2.36. The molecule has 122 valence electrons. The average Bonchev–Trinajstić information content (AvgIpc) is 2.50. The van der Waals surface area contributed by atoms with E-state index in [0.29, 0.717) is 39.5 Å². The van der Waals surface area contributed by atoms with Gasteiger partial charge in [0.05, 0.1) is 32.5 Å². The number of hydrogen-bond acceptors (Lipinski definition) is 4. The van der Waals surface area contributed by atoms with Crippen LogP contribution in [0.2, 0.25) is 0 Å². The van der Waals surface area contributed by atoms with Gasteiger partial charge in [-0.15, -0.1) is 0 Å². The first-order chi connectivity index (χ1) is 10.5. The highest BCUT2D eigenvalue weighted by molar-refractivity contribution is 5.78. The molecule has 1 saturated heterocycles. The lowest BCUT2D eigenvalue weighted by molar-refractivity contribution is -0.137. The largest absolute Gasteiger partial charge is 0.376 e. The van der Waals surface area contributed by atoms with Crippen molar-refractivity contribution in [3.8, 4) is 0 Å². The normalized spacial score (nSPS) is 18.5. The number of likely N-dealkylation sites (N-methyl/N-ethyl adjacent to an activating group) is 2. The van der Waals surface area contributed by atoms with Crippen molar-refractivity contribution >= 4 is 5.91 Å². The minimum atomic E-state index is -0.253. The Labute approximate surface area is 130 Å². The average molecular weight is 310 g/mol. The number of carbonyl (C=O) groups is 1. The highest BCUT2D eigenvalue weighted by atomic mass is 19.1. The Morgan fingerprint density at radius 3 is 2.64 bits per heavy atom. The molecule has 0 unspecified atom stereocenters. The molecule has 1 aromatic rings. The van der Waals surface area contributed by atoms with Gasteiger partial charge in [-0.25, -0.2) is 4.39 Å². The predicted molar refractivity (Wildman–Crippen MR) is 80.9 cm³/mol. The Balaban J connectivity index is 1.75. The van der Waals surface area contributed by atoms with Crippen LogP contribution in [0.1, 0.15) is 5.56 Å². The zero-order chi connectivity index (χ0) is 15.9. The van der Waals surface area contributed by atoms with Crippen LogP contribution in [-0.2, 0) is 20.8 Å². The van der Waals surface area contributed by atoms with E-state index in [0.717, 1.165) is 5.56 Å². The van der Waals surface area contributed by atoms with Crippen LogP contribution in [0.15, 0.2) is 24.3 Å². The summed E-state index contributed by atoms with van der Waals surface area (Å²) < 4.78 is 23.7. The molecule has 1 atom stereocenters. The number of halogens is 1. The van der Waals surface area contributed by atoms with Gasteiger partial charge in [-0.2, -0.15) is 0 Å². The molecular weight excluding hydrogens is 287 g/mol. The summed E-state index contributed by atoms with van der Waals surface area (Å²) in [6, 6.07) is 6.32. The Morgan fingerprint density at radius 1 is 1.27 bits per heavy atom. The van der Waals surface area contributed by atoms with Crippen LogP contribution in [0.3, 0.4) is 0 Å². The molecule has 0 aliphatic carbocycles. The van der Waals surface area contributed by atoms with E-state index in [1.54, 1.807) is 24.1 Å². The van der Waals surface area contributed by atoms with Crippen molar-refractivity contribution in [2.75, 3.05) is 47.0 Å². The Morgan fingerprint density at radius 2 is 2.00 bits per heavy atom. The molecule has 0 spiro atoms. The second kappa shape index (κ2) is 8.22. The van der Waals surface area contributed by atoms with E-state index in [-0.39, 0.29) is 17.8 Å². The quantitative estimate of drug-likeness (QED) is 0.790. The van der Waals surface area contributed by atoms with E-state index in [1.165, 1.54) is 12.1 Å². The van der Waals surface area contributed by atoms with Crippen LogP contribution >= 0.6 is 0 Å². The van der Waals surface area contributed by atoms with E-state index in [4.69, 9.17) is 9.47 Å². The summed E-state index contributed by atoms with van der Waals surface area (Å²) in [5.74, 6) is -0.226. The van der Waals surface area contributed by atoms with Crippen molar-refractivity contribution in [1.82, 2.24) is 9.80 Å². The van der Waals surface area contributed by atoms with Crippen molar-refractivity contribution in [3.63, 3.8) is 0 Å². The van der Waals surface area contributed by atoms with Gasteiger partial charge >= 0.3 is 0 Å². The molecule has 1 fully saturated rings. The molecule has 0 N–H and O–H groups in total. The van der Waals surface area contributed by atoms with Gasteiger partial charge in [0.25, 0.3) is 0 Å². The molecule has 1 aliphatic rings. The maximum absolute atomic E-state index is 12.9. The number of hydrogen-bond donors (Lipinski definition) is 0. The first-order valence-electron chi connectivity index (χ1n) is 7.41. The predicted octanol–water partition coefficient (Wildman–Crippen LogP) is 1.13. The Hall–Kier alpha value is -1.50. The van der Waals surface area contributed by atoms with Crippen molar-refractivity contribution in [2.45, 2.75) is 12.6 Å². The van der Waals surface area contributed by atoms with Crippen molar-refractivity contribution < 1.29 is 18.7 Å². The third-order valence-electron chi connectivity index (χ3n) is 3.56. The Bertz CT molecular complexity index is 475. The Kier molecular flexibility index (Phi) is 6.30. The number of amides is 1. The van der Waals surface area contributed by atoms with Crippen LogP contribution in [-0.4, -0.2) is 68.8 Å². The van der Waals surface area contributed by atoms with Crippen LogP contribution < -0.4 is 0 Å². The minimum absolute atomic E-state index is 0.0267. The molecule has 0 aromatic heterocycles. The fourth-order valence-corrected chi connectivity index (χ4v) is 2.36. The number of ether oxygens (including phenoxy) is 2. The summed E-state index contributed by atoms with van der Waals surface area (Å²) in [6.07, 6.45) is -0.0508. The standard InChI is InChI=1S/C16H23FN2O3/c1-18(9-13-3-5-14(17)6-4-13)11-16(20)19(2)10-15-12-21-7-8-22-15/h3-6,15H,7-12H2,1-2H3/t15-/m1/s1. The van der Waals surface area contributed by atoms with Crippen molar-refractivity contribution in [1.29, 1.82) is 0 Å². The molecular formula is C16H23FN2O3. The van der Waals surface area contributed by atoms with Gasteiger partial charge in [-0.1, -0.05) is 12.1 Å². The number of carbonyl (C=O) groups excluding carboxylic acids is 1. The number of rotatable bonds is 6. The highest BCUT2D eigenvalue weighted by Gasteiger charge is 2.20. The van der Waals surface area contributed by atoms with Crippen LogP contribution in [0.4, 0.5) is 4.39 Å². The van der Waals surface area contributed by atoms with Gasteiger partial charge in [0.2, 0.25) is 5.91 Å². The number of nitrogens with zero attached hydrogens (tertiary/aromatic N) is 2. The molecule has 1 heterocycles. The van der Waals surface area contributed by atoms with E-state index in [2.05, 4.69) is 0 Å². The molecule has 22 heavy (non-hydrogen) atoms. The van der Waals surface area contributed by atoms with Gasteiger partial charge in [-0.05, 0) is 24.7 Å². The van der Waals surface area contributed by atoms with Crippen molar-refractivity contribution in [2.24, 2.45) is 0 Å². The summed E-state index contributed by atoms with van der Waals surface area (Å²) in [4.78, 5) is 15.8. The zero-order valence-corrected chi connectivity index (χ0v) is 13.1. The van der Waals surface area contributed by atoms with Crippen LogP contribution in [0.5, 0.6) is 0 Å². The van der Waals surface area contributed by atoms with E-state index in [9.17, 15) is 9.18 Å². The lowest BCUT2D eigenvalue weighted by atomic mass is 10.2.